The first-order valence-electron chi connectivity index (χ1n) is 5.64. The highest BCUT2D eigenvalue weighted by atomic mass is 32.1. The molecule has 0 spiro atoms. The van der Waals surface area contributed by atoms with Gasteiger partial charge in [0.1, 0.15) is 5.60 Å². The predicted molar refractivity (Wildman–Crippen MR) is 69.9 cm³/mol. The van der Waals surface area contributed by atoms with Gasteiger partial charge in [-0.25, -0.2) is 0 Å². The summed E-state index contributed by atoms with van der Waals surface area (Å²) < 4.78 is 5.08. The number of carbonyl (C=O) groups is 1. The van der Waals surface area contributed by atoms with Crippen LogP contribution in [0.15, 0.2) is 28.1 Å². The maximum Gasteiger partial charge on any atom is 0.273 e. The van der Waals surface area contributed by atoms with Gasteiger partial charge in [0.05, 0.1) is 11.5 Å². The van der Waals surface area contributed by atoms with Crippen LogP contribution in [0.5, 0.6) is 0 Å². The average Bonchev–Trinajstić information content (AvgIpc) is 3.05. The van der Waals surface area contributed by atoms with Crippen molar-refractivity contribution in [3.8, 4) is 10.6 Å². The number of rotatable bonds is 5. The van der Waals surface area contributed by atoms with Crippen LogP contribution in [0.1, 0.15) is 17.4 Å². The second-order valence-corrected chi connectivity index (χ2v) is 5.34. The van der Waals surface area contributed by atoms with Crippen LogP contribution in [0.4, 0.5) is 0 Å². The molecule has 3 N–H and O–H groups in total. The summed E-state index contributed by atoms with van der Waals surface area (Å²) in [6.45, 7) is 0.920. The molecule has 2 heterocycles. The van der Waals surface area contributed by atoms with E-state index < -0.39 is 18.1 Å². The number of carbonyl (C=O) groups excluding carboxylic acids is 1. The Hall–Kier alpha value is -1.70. The third-order valence-electron chi connectivity index (χ3n) is 2.48. The summed E-state index contributed by atoms with van der Waals surface area (Å²) in [7, 11) is 0. The number of aliphatic hydroxyl groups is 2. The number of thiophene rings is 1. The quantitative estimate of drug-likeness (QED) is 0.756. The maximum atomic E-state index is 11.8. The van der Waals surface area contributed by atoms with Crippen molar-refractivity contribution in [3.05, 3.63) is 29.3 Å². The van der Waals surface area contributed by atoms with Crippen LogP contribution in [-0.2, 0) is 0 Å². The Balaban J connectivity index is 2.01. The van der Waals surface area contributed by atoms with E-state index in [2.05, 4.69) is 10.5 Å². The van der Waals surface area contributed by atoms with E-state index in [0.29, 0.717) is 5.76 Å². The molecule has 0 aliphatic carbocycles. The Labute approximate surface area is 113 Å². The number of aliphatic hydroxyl groups excluding tert-OH is 1. The monoisotopic (exact) mass is 282 g/mol. The lowest BCUT2D eigenvalue weighted by Crippen LogP contribution is -2.43. The third kappa shape index (κ3) is 3.40. The van der Waals surface area contributed by atoms with Gasteiger partial charge in [-0.15, -0.1) is 11.3 Å². The summed E-state index contributed by atoms with van der Waals surface area (Å²) in [5.41, 5.74) is -1.21. The minimum atomic E-state index is -1.35. The SMILES string of the molecule is CC(O)(CO)CNC(=O)c1cc(-c2cccs2)on1. The van der Waals surface area contributed by atoms with Crippen LogP contribution in [0.25, 0.3) is 10.6 Å². The maximum absolute atomic E-state index is 11.8. The fourth-order valence-corrected chi connectivity index (χ4v) is 2.01. The van der Waals surface area contributed by atoms with Gasteiger partial charge < -0.3 is 20.1 Å². The van der Waals surface area contributed by atoms with Crippen molar-refractivity contribution in [2.75, 3.05) is 13.2 Å². The van der Waals surface area contributed by atoms with Crippen molar-refractivity contribution in [1.82, 2.24) is 10.5 Å². The van der Waals surface area contributed by atoms with Gasteiger partial charge in [0.25, 0.3) is 5.91 Å². The second kappa shape index (κ2) is 5.52. The van der Waals surface area contributed by atoms with E-state index in [9.17, 15) is 9.90 Å². The first kappa shape index (κ1) is 13.7. The van der Waals surface area contributed by atoms with Crippen LogP contribution in [-0.4, -0.2) is 40.0 Å². The molecule has 0 saturated carbocycles. The Morgan fingerprint density at radius 1 is 1.63 bits per heavy atom. The summed E-state index contributed by atoms with van der Waals surface area (Å²) in [4.78, 5) is 12.7. The highest BCUT2D eigenvalue weighted by Crippen LogP contribution is 2.24. The molecule has 7 heteroatoms. The number of aromatic nitrogens is 1. The van der Waals surface area contributed by atoms with Crippen molar-refractivity contribution in [2.24, 2.45) is 0 Å². The number of hydrogen-bond donors (Lipinski definition) is 3. The molecule has 19 heavy (non-hydrogen) atoms. The highest BCUT2D eigenvalue weighted by Gasteiger charge is 2.21. The van der Waals surface area contributed by atoms with Crippen molar-refractivity contribution < 1.29 is 19.5 Å². The third-order valence-corrected chi connectivity index (χ3v) is 3.36. The van der Waals surface area contributed by atoms with Crippen molar-refractivity contribution in [2.45, 2.75) is 12.5 Å². The van der Waals surface area contributed by atoms with E-state index in [0.717, 1.165) is 4.88 Å². The zero-order chi connectivity index (χ0) is 13.9. The second-order valence-electron chi connectivity index (χ2n) is 4.39. The standard InChI is InChI=1S/C12H14N2O4S/c1-12(17,7-15)6-13-11(16)8-5-9(18-14-8)10-3-2-4-19-10/h2-5,15,17H,6-7H2,1H3,(H,13,16). The van der Waals surface area contributed by atoms with Crippen LogP contribution in [0.3, 0.4) is 0 Å². The van der Waals surface area contributed by atoms with Gasteiger partial charge in [0, 0.05) is 12.6 Å². The van der Waals surface area contributed by atoms with Crippen LogP contribution in [0.2, 0.25) is 0 Å². The van der Waals surface area contributed by atoms with Gasteiger partial charge in [-0.3, -0.25) is 4.79 Å². The smallest absolute Gasteiger partial charge is 0.273 e. The molecule has 102 valence electrons. The Bertz CT molecular complexity index is 548. The van der Waals surface area contributed by atoms with E-state index in [1.165, 1.54) is 24.3 Å². The lowest BCUT2D eigenvalue weighted by Gasteiger charge is -2.19. The highest BCUT2D eigenvalue weighted by molar-refractivity contribution is 7.13. The average molecular weight is 282 g/mol. The molecule has 2 aromatic heterocycles. The van der Waals surface area contributed by atoms with Gasteiger partial charge in [-0.05, 0) is 18.4 Å². The van der Waals surface area contributed by atoms with Crippen LogP contribution >= 0.6 is 11.3 Å². The summed E-state index contributed by atoms with van der Waals surface area (Å²) in [5.74, 6) is 0.0642. The van der Waals surface area contributed by atoms with Gasteiger partial charge in [0.15, 0.2) is 11.5 Å². The molecular weight excluding hydrogens is 268 g/mol. The molecule has 0 bridgehead atoms. The van der Waals surface area contributed by atoms with Gasteiger partial charge in [0.2, 0.25) is 0 Å². The van der Waals surface area contributed by atoms with Crippen molar-refractivity contribution >= 4 is 17.2 Å². The molecule has 0 aromatic carbocycles. The molecule has 2 rings (SSSR count). The molecule has 1 unspecified atom stereocenters. The molecule has 1 amide bonds. The first-order valence-corrected chi connectivity index (χ1v) is 6.52. The van der Waals surface area contributed by atoms with E-state index in [1.54, 1.807) is 0 Å². The molecule has 0 saturated heterocycles. The Morgan fingerprint density at radius 2 is 2.42 bits per heavy atom. The predicted octanol–water partition coefficient (Wildman–Crippen LogP) is 0.876. The van der Waals surface area contributed by atoms with Crippen molar-refractivity contribution in [1.29, 1.82) is 0 Å². The minimum Gasteiger partial charge on any atom is -0.393 e. The molecule has 0 aliphatic rings. The van der Waals surface area contributed by atoms with Gasteiger partial charge >= 0.3 is 0 Å². The summed E-state index contributed by atoms with van der Waals surface area (Å²) in [5, 5.41) is 26.5. The van der Waals surface area contributed by atoms with Crippen LogP contribution in [0, 0.1) is 0 Å². The fourth-order valence-electron chi connectivity index (χ4n) is 1.33. The number of amides is 1. The van der Waals surface area contributed by atoms with Gasteiger partial charge in [-0.2, -0.15) is 0 Å². The lowest BCUT2D eigenvalue weighted by molar-refractivity contribution is 0.00313. The number of nitrogens with zero attached hydrogens (tertiary/aromatic N) is 1. The molecule has 0 radical (unpaired) electrons. The molecule has 0 aliphatic heterocycles. The topological polar surface area (TPSA) is 95.6 Å². The van der Waals surface area contributed by atoms with Gasteiger partial charge in [-0.1, -0.05) is 11.2 Å². The van der Waals surface area contributed by atoms with Crippen LogP contribution < -0.4 is 5.32 Å². The zero-order valence-corrected chi connectivity index (χ0v) is 11.1. The first-order chi connectivity index (χ1) is 9.02. The van der Waals surface area contributed by atoms with E-state index in [4.69, 9.17) is 9.63 Å². The molecule has 0 fully saturated rings. The van der Waals surface area contributed by atoms with Crippen molar-refractivity contribution in [3.63, 3.8) is 0 Å². The summed E-state index contributed by atoms with van der Waals surface area (Å²) in [6.07, 6.45) is 0. The zero-order valence-electron chi connectivity index (χ0n) is 10.3. The molecular formula is C12H14N2O4S. The van der Waals surface area contributed by atoms with E-state index in [1.807, 2.05) is 17.5 Å². The summed E-state index contributed by atoms with van der Waals surface area (Å²) >= 11 is 1.48. The summed E-state index contributed by atoms with van der Waals surface area (Å²) in [6, 6.07) is 5.28. The number of hydrogen-bond acceptors (Lipinski definition) is 6. The molecule has 6 nitrogen and oxygen atoms in total. The van der Waals surface area contributed by atoms with E-state index in [-0.39, 0.29) is 12.2 Å². The molecule has 1 atom stereocenters. The van der Waals surface area contributed by atoms with E-state index >= 15 is 0 Å². The number of nitrogens with one attached hydrogen (secondary N) is 1. The Morgan fingerprint density at radius 3 is 3.05 bits per heavy atom. The normalized spacial score (nSPS) is 14.1. The largest absolute Gasteiger partial charge is 0.393 e. The minimum absolute atomic E-state index is 0.0659. The Kier molecular flexibility index (Phi) is 3.98. The molecule has 2 aromatic rings. The fraction of sp³-hybridized carbons (Fsp3) is 0.333. The lowest BCUT2D eigenvalue weighted by atomic mass is 10.1.